The average Bonchev–Trinajstić information content (AvgIpc) is 3.10. The van der Waals surface area contributed by atoms with E-state index < -0.39 is 0 Å². The van der Waals surface area contributed by atoms with Crippen molar-refractivity contribution in [3.63, 3.8) is 0 Å². The molecular formula is C18H17ClO. The van der Waals surface area contributed by atoms with E-state index in [2.05, 4.69) is 0 Å². The van der Waals surface area contributed by atoms with E-state index in [1.54, 1.807) is 0 Å². The van der Waals surface area contributed by atoms with E-state index in [1.165, 1.54) is 19.3 Å². The molecule has 0 aliphatic heterocycles. The molecule has 3 atom stereocenters. The molecule has 0 saturated heterocycles. The minimum Gasteiger partial charge on any atom is -0.294 e. The van der Waals surface area contributed by atoms with Gasteiger partial charge >= 0.3 is 0 Å². The van der Waals surface area contributed by atoms with Crippen LogP contribution in [0.1, 0.15) is 36.0 Å². The molecule has 2 aromatic carbocycles. The number of rotatable bonds is 2. The van der Waals surface area contributed by atoms with Crippen LogP contribution in [0.3, 0.4) is 0 Å². The number of hydrogen-bond acceptors (Lipinski definition) is 1. The van der Waals surface area contributed by atoms with E-state index in [1.807, 2.05) is 36.4 Å². The average molecular weight is 285 g/mol. The first-order valence-corrected chi connectivity index (χ1v) is 7.83. The van der Waals surface area contributed by atoms with Crippen LogP contribution < -0.4 is 0 Å². The second-order valence-electron chi connectivity index (χ2n) is 6.29. The van der Waals surface area contributed by atoms with Crippen LogP contribution in [-0.2, 0) is 0 Å². The first-order valence-electron chi connectivity index (χ1n) is 7.45. The Kier molecular flexibility index (Phi) is 2.85. The zero-order valence-corrected chi connectivity index (χ0v) is 12.1. The van der Waals surface area contributed by atoms with E-state index in [4.69, 9.17) is 11.6 Å². The molecule has 2 heteroatoms. The van der Waals surface area contributed by atoms with Crippen LogP contribution in [-0.4, -0.2) is 5.78 Å². The van der Waals surface area contributed by atoms with Crippen molar-refractivity contribution in [2.75, 3.05) is 0 Å². The van der Waals surface area contributed by atoms with E-state index in [0.717, 1.165) is 33.7 Å². The molecule has 2 fully saturated rings. The third-order valence-corrected chi connectivity index (χ3v) is 5.54. The second kappa shape index (κ2) is 4.60. The normalized spacial score (nSPS) is 28.1. The van der Waals surface area contributed by atoms with Crippen molar-refractivity contribution < 1.29 is 4.79 Å². The highest BCUT2D eigenvalue weighted by Gasteiger charge is 2.43. The fraction of sp³-hybridized carbons (Fsp3) is 0.389. The summed E-state index contributed by atoms with van der Waals surface area (Å²) in [7, 11) is 0. The number of benzene rings is 2. The predicted molar refractivity (Wildman–Crippen MR) is 82.2 cm³/mol. The number of Topliss-reactive ketones (excluding diaryl/α,β-unsaturated/α-hetero) is 1. The van der Waals surface area contributed by atoms with Crippen LogP contribution in [0.2, 0.25) is 5.02 Å². The molecule has 20 heavy (non-hydrogen) atoms. The fourth-order valence-corrected chi connectivity index (χ4v) is 4.47. The fourth-order valence-electron chi connectivity index (χ4n) is 4.24. The summed E-state index contributed by atoms with van der Waals surface area (Å²) in [6.45, 7) is 0. The largest absolute Gasteiger partial charge is 0.294 e. The second-order valence-corrected chi connectivity index (χ2v) is 6.69. The maximum atomic E-state index is 12.9. The van der Waals surface area contributed by atoms with Crippen LogP contribution in [0.25, 0.3) is 10.8 Å². The van der Waals surface area contributed by atoms with E-state index >= 15 is 0 Å². The first kappa shape index (κ1) is 12.4. The summed E-state index contributed by atoms with van der Waals surface area (Å²) in [5, 5.41) is 2.72. The molecule has 0 heterocycles. The number of hydrogen-bond donors (Lipinski definition) is 0. The van der Waals surface area contributed by atoms with Gasteiger partial charge in [0, 0.05) is 21.9 Å². The smallest absolute Gasteiger partial charge is 0.166 e. The number of carbonyl (C=O) groups excluding carboxylic acids is 1. The van der Waals surface area contributed by atoms with Crippen molar-refractivity contribution >= 4 is 28.2 Å². The van der Waals surface area contributed by atoms with Gasteiger partial charge in [0.05, 0.1) is 0 Å². The minimum atomic E-state index is 0.248. The van der Waals surface area contributed by atoms with E-state index in [9.17, 15) is 4.79 Å². The minimum absolute atomic E-state index is 0.248. The molecule has 102 valence electrons. The van der Waals surface area contributed by atoms with E-state index in [-0.39, 0.29) is 5.92 Å². The Hall–Kier alpha value is -1.34. The Morgan fingerprint density at radius 1 is 1.00 bits per heavy atom. The van der Waals surface area contributed by atoms with Gasteiger partial charge in [0.15, 0.2) is 5.78 Å². The Labute approximate surface area is 123 Å². The molecule has 4 rings (SSSR count). The molecule has 3 unspecified atom stereocenters. The summed E-state index contributed by atoms with van der Waals surface area (Å²) in [6.07, 6.45) is 4.94. The number of halogens is 1. The van der Waals surface area contributed by atoms with Gasteiger partial charge in [0.2, 0.25) is 0 Å². The van der Waals surface area contributed by atoms with Gasteiger partial charge in [-0.15, -0.1) is 0 Å². The van der Waals surface area contributed by atoms with Crippen LogP contribution in [0.4, 0.5) is 0 Å². The highest BCUT2D eigenvalue weighted by molar-refractivity contribution is 6.36. The molecule has 0 spiro atoms. The van der Waals surface area contributed by atoms with Gasteiger partial charge in [-0.05, 0) is 48.6 Å². The Morgan fingerprint density at radius 2 is 1.80 bits per heavy atom. The van der Waals surface area contributed by atoms with Gasteiger partial charge in [-0.25, -0.2) is 0 Å². The third-order valence-electron chi connectivity index (χ3n) is 5.21. The number of fused-ring (bicyclic) bond motifs is 3. The third kappa shape index (κ3) is 1.80. The lowest BCUT2D eigenvalue weighted by atomic mass is 9.82. The standard InChI is InChI=1S/C18H17ClO/c19-17-8-7-15(13-3-1-2-4-14(13)17)18(20)16-10-11-5-6-12(16)9-11/h1-4,7-8,11-12,16H,5-6,9-10H2. The van der Waals surface area contributed by atoms with Gasteiger partial charge in [-0.1, -0.05) is 42.3 Å². The van der Waals surface area contributed by atoms with Gasteiger partial charge in [-0.2, -0.15) is 0 Å². The van der Waals surface area contributed by atoms with Crippen molar-refractivity contribution in [1.29, 1.82) is 0 Å². The molecule has 0 aromatic heterocycles. The van der Waals surface area contributed by atoms with Gasteiger partial charge in [0.1, 0.15) is 0 Å². The van der Waals surface area contributed by atoms with Crippen LogP contribution >= 0.6 is 11.6 Å². The Balaban J connectivity index is 1.79. The summed E-state index contributed by atoms with van der Waals surface area (Å²) >= 11 is 6.25. The molecule has 0 radical (unpaired) electrons. The van der Waals surface area contributed by atoms with Crippen molar-refractivity contribution in [2.45, 2.75) is 25.7 Å². The molecule has 2 aliphatic rings. The Morgan fingerprint density at radius 3 is 2.50 bits per heavy atom. The Bertz CT molecular complexity index is 691. The molecule has 1 nitrogen and oxygen atoms in total. The number of ketones is 1. The summed E-state index contributed by atoms with van der Waals surface area (Å²) in [6, 6.07) is 11.7. The highest BCUT2D eigenvalue weighted by atomic mass is 35.5. The van der Waals surface area contributed by atoms with Gasteiger partial charge in [-0.3, -0.25) is 4.79 Å². The lowest BCUT2D eigenvalue weighted by Gasteiger charge is -2.21. The molecule has 2 saturated carbocycles. The zero-order valence-electron chi connectivity index (χ0n) is 11.3. The SMILES string of the molecule is O=C(c1ccc(Cl)c2ccccc12)C1CC2CCC1C2. The van der Waals surface area contributed by atoms with Gasteiger partial charge < -0.3 is 0 Å². The van der Waals surface area contributed by atoms with E-state index in [0.29, 0.717) is 11.7 Å². The van der Waals surface area contributed by atoms with Crippen LogP contribution in [0.5, 0.6) is 0 Å². The summed E-state index contributed by atoms with van der Waals surface area (Å²) in [5.41, 5.74) is 0.863. The molecule has 0 amide bonds. The summed E-state index contributed by atoms with van der Waals surface area (Å²) in [5.74, 6) is 2.01. The van der Waals surface area contributed by atoms with Crippen molar-refractivity contribution in [3.8, 4) is 0 Å². The maximum Gasteiger partial charge on any atom is 0.166 e. The maximum absolute atomic E-state index is 12.9. The van der Waals surface area contributed by atoms with Crippen LogP contribution in [0.15, 0.2) is 36.4 Å². The predicted octanol–water partition coefficient (Wildman–Crippen LogP) is 5.11. The summed E-state index contributed by atoms with van der Waals surface area (Å²) in [4.78, 5) is 12.9. The molecule has 2 aliphatic carbocycles. The molecular weight excluding hydrogens is 268 g/mol. The summed E-state index contributed by atoms with van der Waals surface area (Å²) < 4.78 is 0. The number of carbonyl (C=O) groups is 1. The van der Waals surface area contributed by atoms with Crippen molar-refractivity contribution in [2.24, 2.45) is 17.8 Å². The lowest BCUT2D eigenvalue weighted by Crippen LogP contribution is -2.21. The van der Waals surface area contributed by atoms with Gasteiger partial charge in [0.25, 0.3) is 0 Å². The highest BCUT2D eigenvalue weighted by Crippen LogP contribution is 2.49. The molecule has 2 aromatic rings. The lowest BCUT2D eigenvalue weighted by molar-refractivity contribution is 0.0876. The van der Waals surface area contributed by atoms with Crippen LogP contribution in [0, 0.1) is 17.8 Å². The topological polar surface area (TPSA) is 17.1 Å². The quantitative estimate of drug-likeness (QED) is 0.700. The molecule has 2 bridgehead atoms. The van der Waals surface area contributed by atoms with Crippen molar-refractivity contribution in [1.82, 2.24) is 0 Å². The first-order chi connectivity index (χ1) is 9.74. The zero-order chi connectivity index (χ0) is 13.7. The van der Waals surface area contributed by atoms with Crippen molar-refractivity contribution in [3.05, 3.63) is 47.0 Å². The molecule has 0 N–H and O–H groups in total. The monoisotopic (exact) mass is 284 g/mol.